The molecular weight excluding hydrogens is 473 g/mol. The van der Waals surface area contributed by atoms with Gasteiger partial charge in [0.15, 0.2) is 0 Å². The zero-order valence-electron chi connectivity index (χ0n) is 18.5. The monoisotopic (exact) mass is 493 g/mol. The molecular formula is C25H21ClFN5OS. The van der Waals surface area contributed by atoms with E-state index >= 15 is 0 Å². The molecule has 1 amide bonds. The summed E-state index contributed by atoms with van der Waals surface area (Å²) in [5.41, 5.74) is 2.65. The molecule has 0 aliphatic heterocycles. The van der Waals surface area contributed by atoms with Gasteiger partial charge in [-0.1, -0.05) is 35.9 Å². The summed E-state index contributed by atoms with van der Waals surface area (Å²) in [4.78, 5) is 19.3. The zero-order chi connectivity index (χ0) is 23.8. The Hall–Kier alpha value is -3.49. The first kappa shape index (κ1) is 22.3. The second kappa shape index (κ2) is 9.04. The van der Waals surface area contributed by atoms with Crippen LogP contribution in [0.1, 0.15) is 38.4 Å². The van der Waals surface area contributed by atoms with Gasteiger partial charge in [-0.2, -0.15) is 5.10 Å². The fraction of sp³-hybridized carbons (Fsp3) is 0.160. The number of nitrogens with one attached hydrogen (secondary N) is 1. The minimum atomic E-state index is -0.438. The van der Waals surface area contributed by atoms with E-state index in [0.717, 1.165) is 32.9 Å². The lowest BCUT2D eigenvalue weighted by molar-refractivity contribution is 0.0945. The lowest BCUT2D eigenvalue weighted by Crippen LogP contribution is -2.30. The Bertz CT molecular complexity index is 1470. The molecule has 0 aliphatic rings. The molecule has 0 saturated carbocycles. The molecule has 5 rings (SSSR count). The summed E-state index contributed by atoms with van der Waals surface area (Å²) >= 11 is 7.45. The molecule has 0 bridgehead atoms. The van der Waals surface area contributed by atoms with E-state index < -0.39 is 6.04 Å². The van der Waals surface area contributed by atoms with Gasteiger partial charge in [-0.3, -0.25) is 9.48 Å². The predicted molar refractivity (Wildman–Crippen MR) is 132 cm³/mol. The number of aromatic nitrogens is 4. The number of carbonyl (C=O) groups excluding carboxylic acids is 1. The Morgan fingerprint density at radius 3 is 2.59 bits per heavy atom. The van der Waals surface area contributed by atoms with Crippen molar-refractivity contribution >= 4 is 39.1 Å². The summed E-state index contributed by atoms with van der Waals surface area (Å²) < 4.78 is 17.0. The molecule has 0 fully saturated rings. The third-order valence-corrected chi connectivity index (χ3v) is 7.07. The molecule has 172 valence electrons. The van der Waals surface area contributed by atoms with Crippen LogP contribution in [0.15, 0.2) is 67.0 Å². The Kier molecular flexibility index (Phi) is 5.93. The number of halogens is 2. The second-order valence-electron chi connectivity index (χ2n) is 8.05. The minimum absolute atomic E-state index is 0.197. The first-order chi connectivity index (χ1) is 16.4. The summed E-state index contributed by atoms with van der Waals surface area (Å²) in [5.74, 6) is 0.246. The van der Waals surface area contributed by atoms with Gasteiger partial charge in [-0.05, 0) is 48.4 Å². The van der Waals surface area contributed by atoms with Gasteiger partial charge in [-0.25, -0.2) is 9.37 Å². The highest BCUT2D eigenvalue weighted by molar-refractivity contribution is 7.20. The van der Waals surface area contributed by atoms with Crippen molar-refractivity contribution in [1.82, 2.24) is 24.6 Å². The Balaban J connectivity index is 1.45. The van der Waals surface area contributed by atoms with E-state index in [1.54, 1.807) is 30.5 Å². The fourth-order valence-corrected chi connectivity index (χ4v) is 5.09. The van der Waals surface area contributed by atoms with E-state index in [1.807, 2.05) is 47.6 Å². The number of aryl methyl sites for hydroxylation is 2. The highest BCUT2D eigenvalue weighted by Gasteiger charge is 2.24. The van der Waals surface area contributed by atoms with Crippen LogP contribution in [0.4, 0.5) is 4.39 Å². The first-order valence-electron chi connectivity index (χ1n) is 10.6. The van der Waals surface area contributed by atoms with Gasteiger partial charge < -0.3 is 9.88 Å². The molecule has 6 nitrogen and oxygen atoms in total. The van der Waals surface area contributed by atoms with Gasteiger partial charge in [0.2, 0.25) is 0 Å². The van der Waals surface area contributed by atoms with Gasteiger partial charge in [0.1, 0.15) is 22.5 Å². The highest BCUT2D eigenvalue weighted by Crippen LogP contribution is 2.30. The van der Waals surface area contributed by atoms with Crippen LogP contribution in [0.2, 0.25) is 5.02 Å². The van der Waals surface area contributed by atoms with Crippen LogP contribution >= 0.6 is 22.9 Å². The van der Waals surface area contributed by atoms with Gasteiger partial charge in [0, 0.05) is 29.9 Å². The average Bonchev–Trinajstić information content (AvgIpc) is 3.52. The number of rotatable bonds is 6. The molecule has 34 heavy (non-hydrogen) atoms. The van der Waals surface area contributed by atoms with Crippen molar-refractivity contribution in [1.29, 1.82) is 0 Å². The van der Waals surface area contributed by atoms with Crippen molar-refractivity contribution in [2.45, 2.75) is 19.5 Å². The standard InChI is InChI=1S/C25H21ClFN5OS/c1-15-20-13-21(34-25(20)32(30-15)14-16-3-9-19(27)10-4-16)24(33)29-22(23-28-11-12-31(23)2)17-5-7-18(26)8-6-17/h3-13,22H,14H2,1-2H3,(H,29,33)/t22-/m1/s1. The third-order valence-electron chi connectivity index (χ3n) is 5.67. The molecule has 1 N–H and O–H groups in total. The fourth-order valence-electron chi connectivity index (χ4n) is 3.90. The predicted octanol–water partition coefficient (Wildman–Crippen LogP) is 5.50. The molecule has 2 aromatic carbocycles. The summed E-state index contributed by atoms with van der Waals surface area (Å²) in [5, 5.41) is 9.30. The molecule has 0 spiro atoms. The van der Waals surface area contributed by atoms with E-state index in [9.17, 15) is 9.18 Å². The van der Waals surface area contributed by atoms with E-state index in [0.29, 0.717) is 16.4 Å². The quantitative estimate of drug-likeness (QED) is 0.339. The molecule has 3 heterocycles. The lowest BCUT2D eigenvalue weighted by Gasteiger charge is -2.19. The Morgan fingerprint density at radius 1 is 1.18 bits per heavy atom. The molecule has 0 unspecified atom stereocenters. The normalized spacial score (nSPS) is 12.2. The second-order valence-corrected chi connectivity index (χ2v) is 9.52. The number of benzene rings is 2. The highest BCUT2D eigenvalue weighted by atomic mass is 35.5. The number of nitrogens with zero attached hydrogens (tertiary/aromatic N) is 4. The van der Waals surface area contributed by atoms with Crippen molar-refractivity contribution < 1.29 is 9.18 Å². The maximum atomic E-state index is 13.4. The van der Waals surface area contributed by atoms with Crippen molar-refractivity contribution in [3.05, 3.63) is 105 Å². The number of fused-ring (bicyclic) bond motifs is 1. The molecule has 1 atom stereocenters. The molecule has 0 aliphatic carbocycles. The van der Waals surface area contributed by atoms with Crippen LogP contribution in [-0.4, -0.2) is 25.2 Å². The summed E-state index contributed by atoms with van der Waals surface area (Å²) in [6, 6.07) is 15.1. The molecule has 5 aromatic rings. The van der Waals surface area contributed by atoms with Crippen LogP contribution in [0.25, 0.3) is 10.2 Å². The number of hydrogen-bond acceptors (Lipinski definition) is 4. The third kappa shape index (κ3) is 4.34. The number of imidazole rings is 1. The summed E-state index contributed by atoms with van der Waals surface area (Å²) in [6.45, 7) is 2.41. The zero-order valence-corrected chi connectivity index (χ0v) is 20.1. The van der Waals surface area contributed by atoms with Gasteiger partial charge >= 0.3 is 0 Å². The van der Waals surface area contributed by atoms with Crippen LogP contribution in [0, 0.1) is 12.7 Å². The van der Waals surface area contributed by atoms with Crippen molar-refractivity contribution in [2.24, 2.45) is 7.05 Å². The summed E-state index contributed by atoms with van der Waals surface area (Å²) in [6.07, 6.45) is 3.55. The first-order valence-corrected chi connectivity index (χ1v) is 11.8. The van der Waals surface area contributed by atoms with Crippen molar-refractivity contribution in [2.75, 3.05) is 0 Å². The SMILES string of the molecule is Cc1nn(Cc2ccc(F)cc2)c2sc(C(=O)N[C@H](c3ccc(Cl)cc3)c3nccn3C)cc12. The Labute approximate surface area is 204 Å². The number of thiophene rings is 1. The van der Waals surface area contributed by atoms with Crippen LogP contribution < -0.4 is 5.32 Å². The largest absolute Gasteiger partial charge is 0.337 e. The van der Waals surface area contributed by atoms with Crippen molar-refractivity contribution in [3.8, 4) is 0 Å². The van der Waals surface area contributed by atoms with E-state index in [2.05, 4.69) is 15.4 Å². The van der Waals surface area contributed by atoms with Crippen LogP contribution in [0.3, 0.4) is 0 Å². The van der Waals surface area contributed by atoms with Gasteiger partial charge in [-0.15, -0.1) is 11.3 Å². The number of carbonyl (C=O) groups is 1. The van der Waals surface area contributed by atoms with E-state index in [1.165, 1.54) is 23.5 Å². The Morgan fingerprint density at radius 2 is 1.91 bits per heavy atom. The van der Waals surface area contributed by atoms with Gasteiger partial charge in [0.05, 0.1) is 17.1 Å². The molecule has 9 heteroatoms. The van der Waals surface area contributed by atoms with Crippen LogP contribution in [0.5, 0.6) is 0 Å². The van der Waals surface area contributed by atoms with Crippen LogP contribution in [-0.2, 0) is 13.6 Å². The minimum Gasteiger partial charge on any atom is -0.337 e. The number of hydrogen-bond donors (Lipinski definition) is 1. The summed E-state index contributed by atoms with van der Waals surface area (Å²) in [7, 11) is 1.89. The average molecular weight is 494 g/mol. The van der Waals surface area contributed by atoms with Gasteiger partial charge in [0.25, 0.3) is 5.91 Å². The smallest absolute Gasteiger partial charge is 0.262 e. The maximum absolute atomic E-state index is 13.4. The topological polar surface area (TPSA) is 64.7 Å². The molecule has 0 radical (unpaired) electrons. The molecule has 0 saturated heterocycles. The van der Waals surface area contributed by atoms with E-state index in [4.69, 9.17) is 11.6 Å². The number of amides is 1. The molecule has 3 aromatic heterocycles. The lowest BCUT2D eigenvalue weighted by atomic mass is 10.1. The van der Waals surface area contributed by atoms with E-state index in [-0.39, 0.29) is 11.7 Å². The maximum Gasteiger partial charge on any atom is 0.262 e. The van der Waals surface area contributed by atoms with Crippen molar-refractivity contribution in [3.63, 3.8) is 0 Å².